The third-order valence-electron chi connectivity index (χ3n) is 4.10. The number of nitrogens with one attached hydrogen (secondary N) is 1. The molecule has 0 heterocycles. The van der Waals surface area contributed by atoms with Crippen LogP contribution >= 0.6 is 0 Å². The van der Waals surface area contributed by atoms with Crippen molar-refractivity contribution < 1.29 is 14.9 Å². The molecule has 0 radical (unpaired) electrons. The lowest BCUT2D eigenvalue weighted by molar-refractivity contribution is 0.0540. The van der Waals surface area contributed by atoms with Crippen molar-refractivity contribution in [2.24, 2.45) is 0 Å². The van der Waals surface area contributed by atoms with Gasteiger partial charge in [0.1, 0.15) is 18.5 Å². The zero-order chi connectivity index (χ0) is 14.4. The Morgan fingerprint density at radius 1 is 1.30 bits per heavy atom. The van der Waals surface area contributed by atoms with E-state index in [1.807, 2.05) is 24.3 Å². The molecule has 1 aromatic rings. The summed E-state index contributed by atoms with van der Waals surface area (Å²) in [6.45, 7) is 2.97. The Labute approximate surface area is 120 Å². The van der Waals surface area contributed by atoms with Gasteiger partial charge in [-0.1, -0.05) is 19.1 Å². The summed E-state index contributed by atoms with van der Waals surface area (Å²) in [5, 5.41) is 22.5. The Balaban J connectivity index is 1.70. The smallest absolute Gasteiger partial charge is 0.119 e. The minimum Gasteiger partial charge on any atom is -0.491 e. The number of β-amino-alcohol motifs (C(OH)–C–C–N with tert-alkyl or cyclic N) is 1. The van der Waals surface area contributed by atoms with Crippen LogP contribution in [0.4, 0.5) is 0 Å². The van der Waals surface area contributed by atoms with Crippen molar-refractivity contribution in [1.82, 2.24) is 5.32 Å². The number of aryl methyl sites for hydroxylation is 1. The lowest BCUT2D eigenvalue weighted by atomic mass is 9.77. The Hall–Kier alpha value is -1.10. The molecule has 1 fully saturated rings. The van der Waals surface area contributed by atoms with Crippen LogP contribution in [0.3, 0.4) is 0 Å². The second kappa shape index (κ2) is 7.07. The first-order chi connectivity index (χ1) is 9.67. The standard InChI is InChI=1S/C16H25NO3/c1-2-13-4-6-15(7-5-13)20-11-14(19)10-17-16(12-18)8-3-9-16/h4-7,14,17-19H,2-3,8-12H2,1H3. The second-order valence-corrected chi connectivity index (χ2v) is 5.64. The quantitative estimate of drug-likeness (QED) is 0.675. The number of aliphatic hydroxyl groups excluding tert-OH is 2. The van der Waals surface area contributed by atoms with Crippen LogP contribution in [0.25, 0.3) is 0 Å². The molecule has 0 bridgehead atoms. The molecule has 1 atom stereocenters. The highest BCUT2D eigenvalue weighted by atomic mass is 16.5. The molecule has 4 heteroatoms. The molecule has 1 unspecified atom stereocenters. The molecule has 0 saturated heterocycles. The van der Waals surface area contributed by atoms with E-state index in [4.69, 9.17) is 4.74 Å². The van der Waals surface area contributed by atoms with E-state index in [9.17, 15) is 10.2 Å². The van der Waals surface area contributed by atoms with E-state index in [1.165, 1.54) is 5.56 Å². The topological polar surface area (TPSA) is 61.7 Å². The molecular weight excluding hydrogens is 254 g/mol. The monoisotopic (exact) mass is 279 g/mol. The van der Waals surface area contributed by atoms with Gasteiger partial charge >= 0.3 is 0 Å². The van der Waals surface area contributed by atoms with Crippen molar-refractivity contribution in [2.45, 2.75) is 44.2 Å². The highest BCUT2D eigenvalue weighted by Crippen LogP contribution is 2.30. The summed E-state index contributed by atoms with van der Waals surface area (Å²) >= 11 is 0. The zero-order valence-corrected chi connectivity index (χ0v) is 12.1. The summed E-state index contributed by atoms with van der Waals surface area (Å²) in [5.41, 5.74) is 1.11. The van der Waals surface area contributed by atoms with Crippen molar-refractivity contribution in [1.29, 1.82) is 0 Å². The van der Waals surface area contributed by atoms with Gasteiger partial charge in [-0.25, -0.2) is 0 Å². The van der Waals surface area contributed by atoms with E-state index in [0.717, 1.165) is 31.4 Å². The second-order valence-electron chi connectivity index (χ2n) is 5.64. The fourth-order valence-corrected chi connectivity index (χ4v) is 2.40. The maximum absolute atomic E-state index is 9.92. The highest BCUT2D eigenvalue weighted by molar-refractivity contribution is 5.27. The molecule has 20 heavy (non-hydrogen) atoms. The molecule has 2 rings (SSSR count). The molecule has 1 aliphatic rings. The molecule has 0 aromatic heterocycles. The third-order valence-corrected chi connectivity index (χ3v) is 4.10. The number of benzene rings is 1. The molecule has 1 aromatic carbocycles. The van der Waals surface area contributed by atoms with Crippen LogP contribution in [-0.4, -0.2) is 41.6 Å². The van der Waals surface area contributed by atoms with Crippen LogP contribution in [0.2, 0.25) is 0 Å². The average Bonchev–Trinajstić information content (AvgIpc) is 2.45. The van der Waals surface area contributed by atoms with Crippen molar-refractivity contribution in [2.75, 3.05) is 19.8 Å². The van der Waals surface area contributed by atoms with Crippen LogP contribution in [0.1, 0.15) is 31.7 Å². The van der Waals surface area contributed by atoms with E-state index in [0.29, 0.717) is 6.54 Å². The van der Waals surface area contributed by atoms with Gasteiger partial charge in [-0.2, -0.15) is 0 Å². The number of rotatable bonds is 8. The van der Waals surface area contributed by atoms with Gasteiger partial charge in [0, 0.05) is 12.1 Å². The molecule has 1 saturated carbocycles. The van der Waals surface area contributed by atoms with Crippen LogP contribution in [0.15, 0.2) is 24.3 Å². The Morgan fingerprint density at radius 3 is 2.50 bits per heavy atom. The van der Waals surface area contributed by atoms with Crippen LogP contribution in [-0.2, 0) is 6.42 Å². The third kappa shape index (κ3) is 3.95. The van der Waals surface area contributed by atoms with Crippen molar-refractivity contribution in [3.63, 3.8) is 0 Å². The fraction of sp³-hybridized carbons (Fsp3) is 0.625. The summed E-state index contributed by atoms with van der Waals surface area (Å²) < 4.78 is 5.57. The molecule has 3 N–H and O–H groups in total. The largest absolute Gasteiger partial charge is 0.491 e. The summed E-state index contributed by atoms with van der Waals surface area (Å²) in [6, 6.07) is 7.93. The van der Waals surface area contributed by atoms with Gasteiger partial charge in [-0.05, 0) is 43.4 Å². The molecule has 112 valence electrons. The average molecular weight is 279 g/mol. The van der Waals surface area contributed by atoms with Gasteiger partial charge < -0.3 is 20.3 Å². The summed E-state index contributed by atoms with van der Waals surface area (Å²) in [4.78, 5) is 0. The van der Waals surface area contributed by atoms with Crippen molar-refractivity contribution in [3.05, 3.63) is 29.8 Å². The fourth-order valence-electron chi connectivity index (χ4n) is 2.40. The van der Waals surface area contributed by atoms with E-state index < -0.39 is 6.10 Å². The van der Waals surface area contributed by atoms with Gasteiger partial charge in [0.05, 0.1) is 6.61 Å². The van der Waals surface area contributed by atoms with Gasteiger partial charge in [0.2, 0.25) is 0 Å². The Kier molecular flexibility index (Phi) is 5.40. The molecule has 1 aliphatic carbocycles. The summed E-state index contributed by atoms with van der Waals surface area (Å²) in [7, 11) is 0. The first-order valence-electron chi connectivity index (χ1n) is 7.43. The molecular formula is C16H25NO3. The SMILES string of the molecule is CCc1ccc(OCC(O)CNC2(CO)CCC2)cc1. The molecule has 0 amide bonds. The van der Waals surface area contributed by atoms with Crippen LogP contribution in [0.5, 0.6) is 5.75 Å². The van der Waals surface area contributed by atoms with Gasteiger partial charge in [-0.15, -0.1) is 0 Å². The maximum Gasteiger partial charge on any atom is 0.119 e. The normalized spacial score (nSPS) is 18.4. The van der Waals surface area contributed by atoms with Crippen LogP contribution in [0, 0.1) is 0 Å². The maximum atomic E-state index is 9.92. The first kappa shape index (κ1) is 15.3. The van der Waals surface area contributed by atoms with Crippen molar-refractivity contribution >= 4 is 0 Å². The number of hydrogen-bond donors (Lipinski definition) is 3. The van der Waals surface area contributed by atoms with E-state index in [2.05, 4.69) is 12.2 Å². The number of hydrogen-bond acceptors (Lipinski definition) is 4. The van der Waals surface area contributed by atoms with Gasteiger partial charge in [0.25, 0.3) is 0 Å². The predicted octanol–water partition coefficient (Wildman–Crippen LogP) is 1.49. The van der Waals surface area contributed by atoms with Crippen molar-refractivity contribution in [3.8, 4) is 5.75 Å². The Bertz CT molecular complexity index is 395. The van der Waals surface area contributed by atoms with Crippen LogP contribution < -0.4 is 10.1 Å². The zero-order valence-electron chi connectivity index (χ0n) is 12.1. The lowest BCUT2D eigenvalue weighted by Gasteiger charge is -2.41. The Morgan fingerprint density at radius 2 is 2.00 bits per heavy atom. The summed E-state index contributed by atoms with van der Waals surface area (Å²) in [6.07, 6.45) is 3.55. The summed E-state index contributed by atoms with van der Waals surface area (Å²) in [5.74, 6) is 0.779. The molecule has 4 nitrogen and oxygen atoms in total. The minimum absolute atomic E-state index is 0.138. The van der Waals surface area contributed by atoms with Gasteiger partial charge in [0.15, 0.2) is 0 Å². The van der Waals surface area contributed by atoms with E-state index in [-0.39, 0.29) is 18.8 Å². The number of ether oxygens (including phenoxy) is 1. The van der Waals surface area contributed by atoms with E-state index >= 15 is 0 Å². The van der Waals surface area contributed by atoms with Gasteiger partial charge in [-0.3, -0.25) is 0 Å². The van der Waals surface area contributed by atoms with E-state index in [1.54, 1.807) is 0 Å². The number of aliphatic hydroxyl groups is 2. The minimum atomic E-state index is -0.565. The predicted molar refractivity (Wildman–Crippen MR) is 79.0 cm³/mol. The molecule has 0 aliphatic heterocycles. The molecule has 0 spiro atoms. The lowest BCUT2D eigenvalue weighted by Crippen LogP contribution is -2.56. The highest BCUT2D eigenvalue weighted by Gasteiger charge is 2.35. The first-order valence-corrected chi connectivity index (χ1v) is 7.43.